The van der Waals surface area contributed by atoms with Gasteiger partial charge in [-0.3, -0.25) is 14.3 Å². The number of anilines is 1. The Labute approximate surface area is 138 Å². The standard InChI is InChI=1S/C16H15N5O3/c1-9-8-21-14(16(23)19-9)12(7-18-21)20-15(22)10-3-4-13(24-2)11(5-10)6-17/h3-5,7,9H,8H2,1-2H3,(H,19,23)(H,20,22)/t9-/m0/s1. The van der Waals surface area contributed by atoms with Crippen molar-refractivity contribution in [1.82, 2.24) is 15.1 Å². The van der Waals surface area contributed by atoms with E-state index in [0.717, 1.165) is 0 Å². The number of nitriles is 1. The van der Waals surface area contributed by atoms with E-state index in [-0.39, 0.29) is 23.1 Å². The van der Waals surface area contributed by atoms with Gasteiger partial charge in [0.25, 0.3) is 11.8 Å². The van der Waals surface area contributed by atoms with E-state index in [4.69, 9.17) is 10.00 Å². The van der Waals surface area contributed by atoms with Gasteiger partial charge < -0.3 is 15.4 Å². The molecule has 0 saturated heterocycles. The van der Waals surface area contributed by atoms with Gasteiger partial charge in [0.05, 0.1) is 31.1 Å². The molecule has 2 N–H and O–H groups in total. The first kappa shape index (κ1) is 15.6. The Hall–Kier alpha value is -3.34. The van der Waals surface area contributed by atoms with E-state index in [9.17, 15) is 9.59 Å². The molecule has 122 valence electrons. The minimum atomic E-state index is -0.434. The van der Waals surface area contributed by atoms with Crippen LogP contribution in [-0.2, 0) is 6.54 Å². The molecule has 2 aromatic rings. The number of carbonyl (C=O) groups is 2. The summed E-state index contributed by atoms with van der Waals surface area (Å²) in [6, 6.07) is 6.49. The lowest BCUT2D eigenvalue weighted by Crippen LogP contribution is -2.42. The highest BCUT2D eigenvalue weighted by Gasteiger charge is 2.26. The van der Waals surface area contributed by atoms with Gasteiger partial charge in [0.1, 0.15) is 17.5 Å². The molecular weight excluding hydrogens is 310 g/mol. The summed E-state index contributed by atoms with van der Waals surface area (Å²) in [6.45, 7) is 2.42. The van der Waals surface area contributed by atoms with E-state index in [0.29, 0.717) is 23.7 Å². The van der Waals surface area contributed by atoms with Gasteiger partial charge >= 0.3 is 0 Å². The first-order valence-corrected chi connectivity index (χ1v) is 7.29. The maximum Gasteiger partial charge on any atom is 0.271 e. The van der Waals surface area contributed by atoms with Crippen molar-refractivity contribution in [1.29, 1.82) is 5.26 Å². The van der Waals surface area contributed by atoms with Gasteiger partial charge in [-0.05, 0) is 25.1 Å². The zero-order valence-corrected chi connectivity index (χ0v) is 13.2. The number of hydrogen-bond donors (Lipinski definition) is 2. The van der Waals surface area contributed by atoms with Crippen molar-refractivity contribution in [2.24, 2.45) is 0 Å². The van der Waals surface area contributed by atoms with Crippen LogP contribution in [0, 0.1) is 11.3 Å². The molecule has 3 rings (SSSR count). The van der Waals surface area contributed by atoms with Crippen LogP contribution >= 0.6 is 0 Å². The maximum atomic E-state index is 12.4. The number of nitrogens with zero attached hydrogens (tertiary/aromatic N) is 3. The second-order valence-corrected chi connectivity index (χ2v) is 5.44. The van der Waals surface area contributed by atoms with Crippen LogP contribution in [0.4, 0.5) is 5.69 Å². The lowest BCUT2D eigenvalue weighted by molar-refractivity contribution is 0.0902. The number of nitrogens with one attached hydrogen (secondary N) is 2. The molecular formula is C16H15N5O3. The molecule has 2 heterocycles. The molecule has 8 heteroatoms. The number of rotatable bonds is 3. The van der Waals surface area contributed by atoms with E-state index in [1.807, 2.05) is 13.0 Å². The Kier molecular flexibility index (Phi) is 3.92. The number of carbonyl (C=O) groups excluding carboxylic acids is 2. The van der Waals surface area contributed by atoms with E-state index >= 15 is 0 Å². The molecule has 1 atom stereocenters. The number of methoxy groups -OCH3 is 1. The molecule has 2 amide bonds. The van der Waals surface area contributed by atoms with E-state index < -0.39 is 5.91 Å². The van der Waals surface area contributed by atoms with Crippen molar-refractivity contribution in [2.45, 2.75) is 19.5 Å². The first-order valence-electron chi connectivity index (χ1n) is 7.29. The first-order chi connectivity index (χ1) is 11.5. The third-order valence-electron chi connectivity index (χ3n) is 3.71. The van der Waals surface area contributed by atoms with E-state index in [1.54, 1.807) is 16.8 Å². The third kappa shape index (κ3) is 2.67. The summed E-state index contributed by atoms with van der Waals surface area (Å²) in [5, 5.41) is 18.7. The summed E-state index contributed by atoms with van der Waals surface area (Å²) in [6.07, 6.45) is 1.44. The molecule has 0 unspecified atom stereocenters. The Morgan fingerprint density at radius 1 is 1.54 bits per heavy atom. The fraction of sp³-hybridized carbons (Fsp3) is 0.250. The van der Waals surface area contributed by atoms with E-state index in [2.05, 4.69) is 15.7 Å². The van der Waals surface area contributed by atoms with Gasteiger partial charge in [0.15, 0.2) is 0 Å². The topological polar surface area (TPSA) is 109 Å². The maximum absolute atomic E-state index is 12.4. The fourth-order valence-corrected chi connectivity index (χ4v) is 2.58. The molecule has 1 aliphatic rings. The second-order valence-electron chi connectivity index (χ2n) is 5.44. The average molecular weight is 325 g/mol. The van der Waals surface area contributed by atoms with Crippen molar-refractivity contribution < 1.29 is 14.3 Å². The number of hydrogen-bond acceptors (Lipinski definition) is 5. The molecule has 0 bridgehead atoms. The molecule has 0 spiro atoms. The van der Waals surface area contributed by atoms with Crippen molar-refractivity contribution in [2.75, 3.05) is 12.4 Å². The summed E-state index contributed by atoms with van der Waals surface area (Å²) in [7, 11) is 1.45. The Bertz CT molecular complexity index is 865. The van der Waals surface area contributed by atoms with Crippen LogP contribution in [0.1, 0.15) is 33.3 Å². The Balaban J connectivity index is 1.87. The summed E-state index contributed by atoms with van der Waals surface area (Å²) < 4.78 is 6.62. The largest absolute Gasteiger partial charge is 0.495 e. The molecule has 0 radical (unpaired) electrons. The fourth-order valence-electron chi connectivity index (χ4n) is 2.58. The summed E-state index contributed by atoms with van der Waals surface area (Å²) in [5.74, 6) is -0.323. The molecule has 0 saturated carbocycles. The summed E-state index contributed by atoms with van der Waals surface area (Å²) >= 11 is 0. The predicted octanol–water partition coefficient (Wildman–Crippen LogP) is 1.15. The number of fused-ring (bicyclic) bond motifs is 1. The van der Waals surface area contributed by atoms with Crippen molar-refractivity contribution in [3.05, 3.63) is 41.2 Å². The number of ether oxygens (including phenoxy) is 1. The molecule has 24 heavy (non-hydrogen) atoms. The average Bonchev–Trinajstić information content (AvgIpc) is 2.96. The number of aromatic nitrogens is 2. The monoisotopic (exact) mass is 325 g/mol. The highest BCUT2D eigenvalue weighted by atomic mass is 16.5. The number of benzene rings is 1. The van der Waals surface area contributed by atoms with Crippen molar-refractivity contribution in [3.63, 3.8) is 0 Å². The smallest absolute Gasteiger partial charge is 0.271 e. The van der Waals surface area contributed by atoms with Crippen molar-refractivity contribution >= 4 is 17.5 Å². The van der Waals surface area contributed by atoms with Crippen LogP contribution in [-0.4, -0.2) is 34.7 Å². The highest BCUT2D eigenvalue weighted by Crippen LogP contribution is 2.22. The van der Waals surface area contributed by atoms with Gasteiger partial charge in [-0.15, -0.1) is 0 Å². The Morgan fingerprint density at radius 2 is 2.33 bits per heavy atom. The van der Waals surface area contributed by atoms with Crippen LogP contribution in [0.25, 0.3) is 0 Å². The van der Waals surface area contributed by atoms with Crippen LogP contribution in [0.5, 0.6) is 5.75 Å². The zero-order valence-electron chi connectivity index (χ0n) is 13.2. The molecule has 1 aliphatic heterocycles. The SMILES string of the molecule is COc1ccc(C(=O)Nc2cnn3c2C(=O)N[C@@H](C)C3)cc1C#N. The van der Waals surface area contributed by atoms with Gasteiger partial charge in [-0.2, -0.15) is 10.4 Å². The van der Waals surface area contributed by atoms with Gasteiger partial charge in [-0.25, -0.2) is 0 Å². The lowest BCUT2D eigenvalue weighted by Gasteiger charge is -2.21. The number of amides is 2. The molecule has 0 fully saturated rings. The summed E-state index contributed by atoms with van der Waals surface area (Å²) in [4.78, 5) is 24.5. The van der Waals surface area contributed by atoms with Gasteiger partial charge in [0.2, 0.25) is 0 Å². The lowest BCUT2D eigenvalue weighted by atomic mass is 10.1. The van der Waals surface area contributed by atoms with Crippen LogP contribution in [0.2, 0.25) is 0 Å². The molecule has 0 aliphatic carbocycles. The van der Waals surface area contributed by atoms with Gasteiger partial charge in [-0.1, -0.05) is 0 Å². The normalized spacial score (nSPS) is 15.9. The zero-order chi connectivity index (χ0) is 17.3. The minimum Gasteiger partial charge on any atom is -0.495 e. The second kappa shape index (κ2) is 6.04. The third-order valence-corrected chi connectivity index (χ3v) is 3.71. The highest BCUT2D eigenvalue weighted by molar-refractivity contribution is 6.08. The van der Waals surface area contributed by atoms with Crippen LogP contribution in [0.3, 0.4) is 0 Å². The summed E-state index contributed by atoms with van der Waals surface area (Å²) in [5.41, 5.74) is 1.19. The molecule has 1 aromatic carbocycles. The van der Waals surface area contributed by atoms with E-state index in [1.165, 1.54) is 19.4 Å². The van der Waals surface area contributed by atoms with Crippen molar-refractivity contribution in [3.8, 4) is 11.8 Å². The predicted molar refractivity (Wildman–Crippen MR) is 84.8 cm³/mol. The van der Waals surface area contributed by atoms with Crippen LogP contribution < -0.4 is 15.4 Å². The quantitative estimate of drug-likeness (QED) is 0.880. The minimum absolute atomic E-state index is 0.0202. The van der Waals surface area contributed by atoms with Gasteiger partial charge in [0, 0.05) is 11.6 Å². The Morgan fingerprint density at radius 3 is 3.04 bits per heavy atom. The molecule has 8 nitrogen and oxygen atoms in total. The molecule has 1 aromatic heterocycles. The van der Waals surface area contributed by atoms with Crippen LogP contribution in [0.15, 0.2) is 24.4 Å².